The molecule has 0 aliphatic heterocycles. The summed E-state index contributed by atoms with van der Waals surface area (Å²) in [5.74, 6) is -2.27. The zero-order valence-corrected chi connectivity index (χ0v) is 20.7. The predicted molar refractivity (Wildman–Crippen MR) is 136 cm³/mol. The molecule has 0 spiro atoms. The van der Waals surface area contributed by atoms with E-state index in [0.29, 0.717) is 33.5 Å². The summed E-state index contributed by atoms with van der Waals surface area (Å²) < 4.78 is 65.3. The molecule has 4 N–H and O–H groups in total. The maximum Gasteiger partial charge on any atom is 0.264 e. The van der Waals surface area contributed by atoms with Crippen molar-refractivity contribution >= 4 is 33.7 Å². The SMILES string of the molecule is COCc1nc2c(N)c(-c3cccn4c(C(=O)c5cc(F)c(N)c(F)c5)cc(C)c34)c(C(F)F)cc2n1C. The van der Waals surface area contributed by atoms with Crippen molar-refractivity contribution in [1.82, 2.24) is 14.0 Å². The number of nitrogens with two attached hydrogens (primary N) is 2. The molecule has 3 heterocycles. The van der Waals surface area contributed by atoms with Crippen LogP contribution in [0.1, 0.15) is 39.4 Å². The lowest BCUT2D eigenvalue weighted by Crippen LogP contribution is -2.08. The molecule has 0 amide bonds. The molecule has 7 nitrogen and oxygen atoms in total. The van der Waals surface area contributed by atoms with Crippen LogP contribution in [-0.4, -0.2) is 26.8 Å². The van der Waals surface area contributed by atoms with E-state index in [-0.39, 0.29) is 34.7 Å². The molecule has 0 bridgehead atoms. The topological polar surface area (TPSA) is 101 Å². The fraction of sp³-hybridized carbons (Fsp3) is 0.185. The third-order valence-electron chi connectivity index (χ3n) is 6.67. The quantitative estimate of drug-likeness (QED) is 0.172. The van der Waals surface area contributed by atoms with Gasteiger partial charge in [0.15, 0.2) is 0 Å². The number of carbonyl (C=O) groups excluding carboxylic acids is 1. The number of pyridine rings is 1. The molecule has 0 fully saturated rings. The second-order valence-electron chi connectivity index (χ2n) is 8.98. The van der Waals surface area contributed by atoms with Crippen LogP contribution in [0.15, 0.2) is 42.6 Å². The summed E-state index contributed by atoms with van der Waals surface area (Å²) >= 11 is 0. The fourth-order valence-corrected chi connectivity index (χ4v) is 4.84. The average Bonchev–Trinajstić information content (AvgIpc) is 3.39. The van der Waals surface area contributed by atoms with Gasteiger partial charge < -0.3 is 25.2 Å². The van der Waals surface area contributed by atoms with Crippen molar-refractivity contribution in [3.63, 3.8) is 0 Å². The Hall–Kier alpha value is -4.38. The molecule has 0 aliphatic carbocycles. The maximum atomic E-state index is 14.4. The zero-order chi connectivity index (χ0) is 27.5. The van der Waals surface area contributed by atoms with Gasteiger partial charge in [0.1, 0.15) is 35.3 Å². The van der Waals surface area contributed by atoms with Crippen LogP contribution in [0.5, 0.6) is 0 Å². The van der Waals surface area contributed by atoms with Gasteiger partial charge >= 0.3 is 0 Å². The number of hydrogen-bond donors (Lipinski definition) is 2. The van der Waals surface area contributed by atoms with Crippen LogP contribution in [0.2, 0.25) is 0 Å². The highest BCUT2D eigenvalue weighted by Gasteiger charge is 2.26. The lowest BCUT2D eigenvalue weighted by Gasteiger charge is -2.16. The third kappa shape index (κ3) is 3.77. The zero-order valence-electron chi connectivity index (χ0n) is 20.7. The first-order valence-electron chi connectivity index (χ1n) is 11.5. The predicted octanol–water partition coefficient (Wildman–Crippen LogP) is 5.56. The molecule has 11 heteroatoms. The number of aromatic nitrogens is 3. The van der Waals surface area contributed by atoms with Gasteiger partial charge in [-0.2, -0.15) is 0 Å². The molecule has 5 aromatic rings. The molecule has 0 saturated carbocycles. The summed E-state index contributed by atoms with van der Waals surface area (Å²) in [6, 6.07) is 7.81. The number of ether oxygens (including phenoxy) is 1. The van der Waals surface area contributed by atoms with Crippen LogP contribution < -0.4 is 11.5 Å². The largest absolute Gasteiger partial charge is 0.396 e. The van der Waals surface area contributed by atoms with Crippen molar-refractivity contribution in [2.45, 2.75) is 20.0 Å². The first kappa shape index (κ1) is 25.3. The normalized spacial score (nSPS) is 11.8. The minimum atomic E-state index is -2.87. The van der Waals surface area contributed by atoms with E-state index in [1.807, 2.05) is 0 Å². The first-order valence-corrected chi connectivity index (χ1v) is 11.5. The summed E-state index contributed by atoms with van der Waals surface area (Å²) in [5.41, 5.74) is 13.0. The highest BCUT2D eigenvalue weighted by atomic mass is 19.3. The summed E-state index contributed by atoms with van der Waals surface area (Å²) in [4.78, 5) is 17.8. The molecule has 0 saturated heterocycles. The highest BCUT2D eigenvalue weighted by molar-refractivity contribution is 6.10. The first-order chi connectivity index (χ1) is 18.0. The molecule has 2 aromatic carbocycles. The summed E-state index contributed by atoms with van der Waals surface area (Å²) in [5, 5.41) is 0. The Morgan fingerprint density at radius 2 is 1.79 bits per heavy atom. The molecule has 0 atom stereocenters. The minimum absolute atomic E-state index is 0.0556. The number of alkyl halides is 2. The van der Waals surface area contributed by atoms with Gasteiger partial charge in [0.05, 0.1) is 22.4 Å². The second-order valence-corrected chi connectivity index (χ2v) is 8.98. The number of imidazole rings is 1. The Morgan fingerprint density at radius 1 is 1.11 bits per heavy atom. The standard InChI is InChI=1S/C27H23F4N5O2/c1-12-7-19(26(37)13-8-16(28)22(32)17(29)9-13)36-6-4-5-14(25(12)36)21-15(27(30)31)10-18-24(23(21)33)34-20(11-38-3)35(18)2/h4-10,27H,11,32-33H2,1-3H3. The maximum absolute atomic E-state index is 14.4. The minimum Gasteiger partial charge on any atom is -0.396 e. The Morgan fingerprint density at radius 3 is 2.42 bits per heavy atom. The van der Waals surface area contributed by atoms with Crippen molar-refractivity contribution in [3.8, 4) is 11.1 Å². The van der Waals surface area contributed by atoms with E-state index in [1.54, 1.807) is 36.9 Å². The number of nitrogens with zero attached hydrogens (tertiary/aromatic N) is 3. The van der Waals surface area contributed by atoms with Gasteiger partial charge in [-0.15, -0.1) is 0 Å². The molecule has 0 radical (unpaired) electrons. The molecular weight excluding hydrogens is 502 g/mol. The highest BCUT2D eigenvalue weighted by Crippen LogP contribution is 2.43. The van der Waals surface area contributed by atoms with Crippen molar-refractivity contribution in [2.24, 2.45) is 7.05 Å². The van der Waals surface area contributed by atoms with Crippen molar-refractivity contribution in [1.29, 1.82) is 0 Å². The number of halogens is 4. The van der Waals surface area contributed by atoms with Gasteiger partial charge in [-0.1, -0.05) is 6.07 Å². The van der Waals surface area contributed by atoms with Crippen molar-refractivity contribution < 1.29 is 27.1 Å². The third-order valence-corrected chi connectivity index (χ3v) is 6.67. The molecule has 196 valence electrons. The van der Waals surface area contributed by atoms with Gasteiger partial charge in [0, 0.05) is 42.6 Å². The second kappa shape index (κ2) is 9.18. The number of methoxy groups -OCH3 is 1. The fourth-order valence-electron chi connectivity index (χ4n) is 4.84. The van der Waals surface area contributed by atoms with Gasteiger partial charge in [0.25, 0.3) is 6.43 Å². The number of fused-ring (bicyclic) bond motifs is 2. The molecular formula is C27H23F4N5O2. The van der Waals surface area contributed by atoms with Crippen LogP contribution in [0.4, 0.5) is 28.9 Å². The Bertz CT molecular complexity index is 1730. The Balaban J connectivity index is 1.77. The van der Waals surface area contributed by atoms with E-state index in [9.17, 15) is 22.4 Å². The number of hydrogen-bond acceptors (Lipinski definition) is 5. The summed E-state index contributed by atoms with van der Waals surface area (Å²) in [6.07, 6.45) is -1.30. The molecule has 0 aliphatic rings. The van der Waals surface area contributed by atoms with E-state index < -0.39 is 29.5 Å². The Kier molecular flexibility index (Phi) is 6.10. The van der Waals surface area contributed by atoms with Crippen LogP contribution in [0.25, 0.3) is 27.7 Å². The van der Waals surface area contributed by atoms with Crippen LogP contribution in [0, 0.1) is 18.6 Å². The number of benzene rings is 2. The van der Waals surface area contributed by atoms with Crippen molar-refractivity contribution in [2.75, 3.05) is 18.6 Å². The molecule has 38 heavy (non-hydrogen) atoms. The van der Waals surface area contributed by atoms with Gasteiger partial charge in [-0.25, -0.2) is 22.5 Å². The number of ketones is 1. The average molecular weight is 526 g/mol. The summed E-state index contributed by atoms with van der Waals surface area (Å²) in [7, 11) is 3.19. The lowest BCUT2D eigenvalue weighted by atomic mass is 9.95. The van der Waals surface area contributed by atoms with E-state index in [1.165, 1.54) is 23.6 Å². The van der Waals surface area contributed by atoms with E-state index in [0.717, 1.165) is 12.1 Å². The number of nitrogen functional groups attached to an aromatic ring is 2. The number of carbonyl (C=O) groups is 1. The number of rotatable bonds is 6. The molecule has 0 unspecified atom stereocenters. The van der Waals surface area contributed by atoms with E-state index in [2.05, 4.69) is 4.98 Å². The van der Waals surface area contributed by atoms with Crippen molar-refractivity contribution in [3.05, 3.63) is 82.4 Å². The van der Waals surface area contributed by atoms with E-state index >= 15 is 0 Å². The molecule has 5 rings (SSSR count). The van der Waals surface area contributed by atoms with Gasteiger partial charge in [-0.05, 0) is 42.8 Å². The lowest BCUT2D eigenvalue weighted by molar-refractivity contribution is 0.103. The van der Waals surface area contributed by atoms with Crippen LogP contribution in [-0.2, 0) is 18.4 Å². The number of anilines is 2. The van der Waals surface area contributed by atoms with E-state index in [4.69, 9.17) is 16.2 Å². The smallest absolute Gasteiger partial charge is 0.264 e. The van der Waals surface area contributed by atoms with Crippen LogP contribution >= 0.6 is 0 Å². The van der Waals surface area contributed by atoms with Gasteiger partial charge in [-0.3, -0.25) is 4.79 Å². The Labute approximate surface area is 214 Å². The summed E-state index contributed by atoms with van der Waals surface area (Å²) in [6.45, 7) is 1.86. The molecule has 3 aromatic heterocycles. The van der Waals surface area contributed by atoms with Gasteiger partial charge in [0.2, 0.25) is 5.78 Å². The monoisotopic (exact) mass is 525 g/mol. The van der Waals surface area contributed by atoms with Crippen LogP contribution in [0.3, 0.4) is 0 Å². The number of aryl methyl sites for hydroxylation is 2.